The van der Waals surface area contributed by atoms with E-state index in [1.165, 1.54) is 37.7 Å². The van der Waals surface area contributed by atoms with Crippen LogP contribution in [0.25, 0.3) is 0 Å². The predicted molar refractivity (Wildman–Crippen MR) is 65.6 cm³/mol. The summed E-state index contributed by atoms with van der Waals surface area (Å²) in [6.45, 7) is 10.9. The summed E-state index contributed by atoms with van der Waals surface area (Å²) in [5.74, 6) is 0.741. The highest BCUT2D eigenvalue weighted by molar-refractivity contribution is 5.00. The Morgan fingerprint density at radius 3 is 2.36 bits per heavy atom. The molecule has 0 spiro atoms. The van der Waals surface area contributed by atoms with Crippen molar-refractivity contribution in [1.29, 1.82) is 0 Å². The molecule has 1 heteroatoms. The molecule has 0 saturated carbocycles. The zero-order valence-electron chi connectivity index (χ0n) is 10.4. The summed E-state index contributed by atoms with van der Waals surface area (Å²) in [4.78, 5) is 0. The normalized spacial score (nSPS) is 15.1. The van der Waals surface area contributed by atoms with E-state index in [0.717, 1.165) is 5.92 Å². The van der Waals surface area contributed by atoms with Gasteiger partial charge in [-0.15, -0.1) is 0 Å². The molecular formula is C13H27N. The Balaban J connectivity index is 3.84. The molecule has 0 saturated heterocycles. The van der Waals surface area contributed by atoms with Crippen LogP contribution in [0.1, 0.15) is 52.9 Å². The lowest BCUT2D eigenvalue weighted by Gasteiger charge is -2.19. The van der Waals surface area contributed by atoms with Gasteiger partial charge in [-0.05, 0) is 45.6 Å². The van der Waals surface area contributed by atoms with Crippen LogP contribution in [0.3, 0.4) is 0 Å². The first-order chi connectivity index (χ1) is 6.65. The minimum atomic E-state index is 0.637. The Morgan fingerprint density at radius 1 is 1.29 bits per heavy atom. The topological polar surface area (TPSA) is 12.0 Å². The van der Waals surface area contributed by atoms with Gasteiger partial charge >= 0.3 is 0 Å². The molecule has 0 aromatic carbocycles. The van der Waals surface area contributed by atoms with Crippen molar-refractivity contribution in [2.75, 3.05) is 7.05 Å². The van der Waals surface area contributed by atoms with Gasteiger partial charge in [-0.25, -0.2) is 0 Å². The quantitative estimate of drug-likeness (QED) is 0.584. The smallest absolute Gasteiger partial charge is 0.00359 e. The minimum Gasteiger partial charge on any atom is -0.317 e. The highest BCUT2D eigenvalue weighted by Crippen LogP contribution is 2.23. The average molecular weight is 197 g/mol. The lowest BCUT2D eigenvalue weighted by Crippen LogP contribution is -2.22. The zero-order chi connectivity index (χ0) is 11.0. The van der Waals surface area contributed by atoms with Gasteiger partial charge in [-0.3, -0.25) is 0 Å². The van der Waals surface area contributed by atoms with Crippen molar-refractivity contribution in [1.82, 2.24) is 5.32 Å². The van der Waals surface area contributed by atoms with E-state index < -0.39 is 0 Å². The first-order valence-corrected chi connectivity index (χ1v) is 6.00. The fourth-order valence-corrected chi connectivity index (χ4v) is 1.82. The average Bonchev–Trinajstić information content (AvgIpc) is 2.18. The van der Waals surface area contributed by atoms with E-state index in [0.29, 0.717) is 6.04 Å². The van der Waals surface area contributed by atoms with Crippen LogP contribution in [0.15, 0.2) is 12.2 Å². The molecule has 1 N–H and O–H groups in total. The van der Waals surface area contributed by atoms with Crippen molar-refractivity contribution in [3.8, 4) is 0 Å². The third kappa shape index (κ3) is 5.43. The van der Waals surface area contributed by atoms with E-state index in [1.54, 1.807) is 0 Å². The molecule has 1 nitrogen and oxygen atoms in total. The third-order valence-electron chi connectivity index (χ3n) is 3.08. The maximum Gasteiger partial charge on any atom is 0.00359 e. The molecule has 0 unspecified atom stereocenters. The van der Waals surface area contributed by atoms with Crippen molar-refractivity contribution < 1.29 is 0 Å². The molecule has 0 fully saturated rings. The van der Waals surface area contributed by atoms with Crippen LogP contribution in [0.2, 0.25) is 0 Å². The molecule has 0 aromatic rings. The zero-order valence-corrected chi connectivity index (χ0v) is 10.4. The summed E-state index contributed by atoms with van der Waals surface area (Å²) in [6.07, 6.45) is 6.23. The molecule has 0 bridgehead atoms. The SMILES string of the molecule is C=C(CCC)[C@H](CC)CC[C@H](C)NC. The van der Waals surface area contributed by atoms with E-state index in [-0.39, 0.29) is 0 Å². The fourth-order valence-electron chi connectivity index (χ4n) is 1.82. The van der Waals surface area contributed by atoms with Crippen LogP contribution >= 0.6 is 0 Å². The van der Waals surface area contributed by atoms with Gasteiger partial charge in [0.1, 0.15) is 0 Å². The number of hydrogen-bond acceptors (Lipinski definition) is 1. The number of allylic oxidation sites excluding steroid dienone is 1. The molecule has 14 heavy (non-hydrogen) atoms. The Hall–Kier alpha value is -0.300. The van der Waals surface area contributed by atoms with E-state index in [9.17, 15) is 0 Å². The van der Waals surface area contributed by atoms with Gasteiger partial charge in [0.15, 0.2) is 0 Å². The van der Waals surface area contributed by atoms with Crippen LogP contribution in [-0.4, -0.2) is 13.1 Å². The molecular weight excluding hydrogens is 170 g/mol. The van der Waals surface area contributed by atoms with E-state index in [2.05, 4.69) is 32.7 Å². The van der Waals surface area contributed by atoms with Gasteiger partial charge in [0, 0.05) is 6.04 Å². The Labute approximate surface area is 90.0 Å². The second kappa shape index (κ2) is 8.05. The maximum atomic E-state index is 4.20. The standard InChI is InChI=1S/C13H27N/c1-6-8-11(3)13(7-2)10-9-12(4)14-5/h12-14H,3,6-10H2,1-2,4-5H3/t12-,13+/m0/s1. The van der Waals surface area contributed by atoms with Crippen molar-refractivity contribution in [3.05, 3.63) is 12.2 Å². The van der Waals surface area contributed by atoms with Crippen LogP contribution in [0.4, 0.5) is 0 Å². The van der Waals surface area contributed by atoms with Gasteiger partial charge in [0.05, 0.1) is 0 Å². The van der Waals surface area contributed by atoms with Crippen LogP contribution in [0, 0.1) is 5.92 Å². The van der Waals surface area contributed by atoms with Gasteiger partial charge in [0.2, 0.25) is 0 Å². The lowest BCUT2D eigenvalue weighted by atomic mass is 9.89. The molecule has 0 radical (unpaired) electrons. The molecule has 0 aromatic heterocycles. The summed E-state index contributed by atoms with van der Waals surface area (Å²) in [5.41, 5.74) is 1.46. The molecule has 2 atom stereocenters. The Bertz CT molecular complexity index is 151. The van der Waals surface area contributed by atoms with Crippen molar-refractivity contribution >= 4 is 0 Å². The molecule has 0 aliphatic heterocycles. The predicted octanol–water partition coefficient (Wildman–Crippen LogP) is 3.76. The number of nitrogens with one attached hydrogen (secondary N) is 1. The first kappa shape index (κ1) is 13.7. The highest BCUT2D eigenvalue weighted by Gasteiger charge is 2.10. The maximum absolute atomic E-state index is 4.20. The summed E-state index contributed by atoms with van der Waals surface area (Å²) >= 11 is 0. The summed E-state index contributed by atoms with van der Waals surface area (Å²) < 4.78 is 0. The second-order valence-electron chi connectivity index (χ2n) is 4.28. The monoisotopic (exact) mass is 197 g/mol. The number of rotatable bonds is 8. The van der Waals surface area contributed by atoms with Crippen molar-refractivity contribution in [2.24, 2.45) is 5.92 Å². The van der Waals surface area contributed by atoms with Crippen molar-refractivity contribution in [2.45, 2.75) is 58.9 Å². The molecule has 0 rings (SSSR count). The second-order valence-corrected chi connectivity index (χ2v) is 4.28. The summed E-state index contributed by atoms with van der Waals surface area (Å²) in [7, 11) is 2.03. The highest BCUT2D eigenvalue weighted by atomic mass is 14.8. The Morgan fingerprint density at radius 2 is 1.93 bits per heavy atom. The van der Waals surface area contributed by atoms with Crippen LogP contribution in [-0.2, 0) is 0 Å². The van der Waals surface area contributed by atoms with Crippen LogP contribution < -0.4 is 5.32 Å². The molecule has 0 amide bonds. The first-order valence-electron chi connectivity index (χ1n) is 6.00. The fraction of sp³-hybridized carbons (Fsp3) is 0.846. The summed E-state index contributed by atoms with van der Waals surface area (Å²) in [5, 5.41) is 3.29. The van der Waals surface area contributed by atoms with E-state index in [4.69, 9.17) is 0 Å². The molecule has 0 aliphatic carbocycles. The molecule has 0 heterocycles. The van der Waals surface area contributed by atoms with Gasteiger partial charge < -0.3 is 5.32 Å². The molecule has 0 aliphatic rings. The minimum absolute atomic E-state index is 0.637. The number of hydrogen-bond donors (Lipinski definition) is 1. The Kier molecular flexibility index (Phi) is 7.87. The van der Waals surface area contributed by atoms with Crippen LogP contribution in [0.5, 0.6) is 0 Å². The van der Waals surface area contributed by atoms with Gasteiger partial charge in [-0.1, -0.05) is 32.4 Å². The summed E-state index contributed by atoms with van der Waals surface area (Å²) in [6, 6.07) is 0.637. The van der Waals surface area contributed by atoms with Crippen molar-refractivity contribution in [3.63, 3.8) is 0 Å². The lowest BCUT2D eigenvalue weighted by molar-refractivity contribution is 0.450. The largest absolute Gasteiger partial charge is 0.317 e. The van der Waals surface area contributed by atoms with E-state index in [1.807, 2.05) is 7.05 Å². The third-order valence-corrected chi connectivity index (χ3v) is 3.08. The van der Waals surface area contributed by atoms with E-state index >= 15 is 0 Å². The molecule has 84 valence electrons. The van der Waals surface area contributed by atoms with Gasteiger partial charge in [-0.2, -0.15) is 0 Å². The van der Waals surface area contributed by atoms with Gasteiger partial charge in [0.25, 0.3) is 0 Å².